The van der Waals surface area contributed by atoms with E-state index in [-0.39, 0.29) is 5.41 Å². The highest BCUT2D eigenvalue weighted by Gasteiger charge is 2.57. The van der Waals surface area contributed by atoms with Gasteiger partial charge in [-0.05, 0) is 25.2 Å². The summed E-state index contributed by atoms with van der Waals surface area (Å²) in [5, 5.41) is 4.01. The van der Waals surface area contributed by atoms with Crippen molar-refractivity contribution >= 4 is 5.71 Å². The van der Waals surface area contributed by atoms with Crippen LogP contribution in [0.5, 0.6) is 0 Å². The average molecular weight is 166 g/mol. The van der Waals surface area contributed by atoms with E-state index in [1.807, 2.05) is 0 Å². The monoisotopic (exact) mass is 166 g/mol. The molecule has 2 atom stereocenters. The third kappa shape index (κ3) is 0.732. The Morgan fingerprint density at radius 2 is 2.08 bits per heavy atom. The van der Waals surface area contributed by atoms with Crippen LogP contribution in [-0.2, 0) is 0 Å². The van der Waals surface area contributed by atoms with E-state index in [1.54, 1.807) is 0 Å². The second-order valence-electron chi connectivity index (χ2n) is 5.20. The molecule has 2 aliphatic carbocycles. The standard InChI is InChI=1S/C10H18N2/c1-9(2)7-4-5-10(3,6-7)8(9)12-11/h7H,4-6,11H2,1-3H3/b12-8+/t7-,10+/m1/s1. The van der Waals surface area contributed by atoms with E-state index in [0.717, 1.165) is 5.92 Å². The normalized spacial score (nSPS) is 47.2. The maximum absolute atomic E-state index is 5.47. The lowest BCUT2D eigenvalue weighted by atomic mass is 9.71. The predicted octanol–water partition coefficient (Wildman–Crippen LogP) is 2.15. The lowest BCUT2D eigenvalue weighted by Gasteiger charge is -2.34. The van der Waals surface area contributed by atoms with E-state index >= 15 is 0 Å². The van der Waals surface area contributed by atoms with Gasteiger partial charge in [0.25, 0.3) is 0 Å². The fourth-order valence-electron chi connectivity index (χ4n) is 3.37. The first-order chi connectivity index (χ1) is 5.50. The maximum Gasteiger partial charge on any atom is 0.0493 e. The van der Waals surface area contributed by atoms with Gasteiger partial charge in [0.05, 0.1) is 0 Å². The van der Waals surface area contributed by atoms with Gasteiger partial charge in [-0.1, -0.05) is 20.8 Å². The molecule has 2 fully saturated rings. The third-order valence-electron chi connectivity index (χ3n) is 4.07. The molecule has 12 heavy (non-hydrogen) atoms. The molecule has 0 saturated heterocycles. The zero-order chi connectivity index (χ0) is 8.98. The summed E-state index contributed by atoms with van der Waals surface area (Å²) in [6.45, 7) is 6.88. The molecular weight excluding hydrogens is 148 g/mol. The largest absolute Gasteiger partial charge is 0.323 e. The summed E-state index contributed by atoms with van der Waals surface area (Å²) < 4.78 is 0. The highest BCUT2D eigenvalue weighted by atomic mass is 15.1. The van der Waals surface area contributed by atoms with Crippen LogP contribution in [0.1, 0.15) is 40.0 Å². The molecule has 2 rings (SSSR count). The lowest BCUT2D eigenvalue weighted by Crippen LogP contribution is -2.36. The van der Waals surface area contributed by atoms with E-state index in [0.29, 0.717) is 5.41 Å². The summed E-state index contributed by atoms with van der Waals surface area (Å²) >= 11 is 0. The van der Waals surface area contributed by atoms with Gasteiger partial charge in [0, 0.05) is 16.5 Å². The minimum absolute atomic E-state index is 0.266. The first kappa shape index (κ1) is 8.09. The summed E-state index contributed by atoms with van der Waals surface area (Å²) in [6, 6.07) is 0. The average Bonchev–Trinajstić information content (AvgIpc) is 2.39. The molecule has 2 bridgehead atoms. The topological polar surface area (TPSA) is 38.4 Å². The number of nitrogens with zero attached hydrogens (tertiary/aromatic N) is 1. The molecule has 0 amide bonds. The van der Waals surface area contributed by atoms with Gasteiger partial charge in [-0.25, -0.2) is 0 Å². The van der Waals surface area contributed by atoms with Crippen LogP contribution in [0.3, 0.4) is 0 Å². The van der Waals surface area contributed by atoms with Gasteiger partial charge in [0.1, 0.15) is 0 Å². The van der Waals surface area contributed by atoms with Gasteiger partial charge in [-0.15, -0.1) is 0 Å². The van der Waals surface area contributed by atoms with Crippen molar-refractivity contribution in [2.45, 2.75) is 40.0 Å². The van der Waals surface area contributed by atoms with Gasteiger partial charge in [-0.3, -0.25) is 0 Å². The van der Waals surface area contributed by atoms with E-state index in [1.165, 1.54) is 25.0 Å². The lowest BCUT2D eigenvalue weighted by molar-refractivity contribution is 0.332. The Labute approximate surface area is 74.2 Å². The third-order valence-corrected chi connectivity index (χ3v) is 4.07. The van der Waals surface area contributed by atoms with E-state index in [2.05, 4.69) is 25.9 Å². The Morgan fingerprint density at radius 3 is 2.42 bits per heavy atom. The van der Waals surface area contributed by atoms with Crippen LogP contribution in [0.15, 0.2) is 5.10 Å². The fraction of sp³-hybridized carbons (Fsp3) is 0.900. The maximum atomic E-state index is 5.47. The molecule has 0 aromatic rings. The van der Waals surface area contributed by atoms with Crippen LogP contribution in [0.2, 0.25) is 0 Å². The van der Waals surface area contributed by atoms with Crippen molar-refractivity contribution in [1.29, 1.82) is 0 Å². The summed E-state index contributed by atoms with van der Waals surface area (Å²) in [5.74, 6) is 6.29. The molecule has 0 aromatic heterocycles. The molecule has 0 radical (unpaired) electrons. The number of fused-ring (bicyclic) bond motifs is 2. The van der Waals surface area contributed by atoms with Crippen LogP contribution in [0, 0.1) is 16.7 Å². The smallest absolute Gasteiger partial charge is 0.0493 e. The SMILES string of the molecule is CC1(C)/C(=N\N)[C@@]2(C)CC[C@@H]1C2. The van der Waals surface area contributed by atoms with Crippen LogP contribution in [0.4, 0.5) is 0 Å². The molecule has 0 aliphatic heterocycles. The zero-order valence-electron chi connectivity index (χ0n) is 8.22. The summed E-state index contributed by atoms with van der Waals surface area (Å²) in [5.41, 5.74) is 1.86. The van der Waals surface area contributed by atoms with Crippen LogP contribution < -0.4 is 5.84 Å². The number of hydrazone groups is 1. The van der Waals surface area contributed by atoms with Crippen molar-refractivity contribution < 1.29 is 0 Å². The van der Waals surface area contributed by atoms with Crippen molar-refractivity contribution in [3.63, 3.8) is 0 Å². The summed E-state index contributed by atoms with van der Waals surface area (Å²) in [7, 11) is 0. The Kier molecular flexibility index (Phi) is 1.37. The van der Waals surface area contributed by atoms with Crippen LogP contribution >= 0.6 is 0 Å². The minimum Gasteiger partial charge on any atom is -0.323 e. The minimum atomic E-state index is 0.266. The van der Waals surface area contributed by atoms with Crippen molar-refractivity contribution in [2.75, 3.05) is 0 Å². The number of nitrogens with two attached hydrogens (primary N) is 1. The fourth-order valence-corrected chi connectivity index (χ4v) is 3.37. The molecule has 2 aliphatic rings. The van der Waals surface area contributed by atoms with Gasteiger partial charge in [0.15, 0.2) is 0 Å². The molecule has 0 spiro atoms. The van der Waals surface area contributed by atoms with E-state index in [9.17, 15) is 0 Å². The second-order valence-corrected chi connectivity index (χ2v) is 5.20. The Bertz CT molecular complexity index is 235. The molecule has 2 nitrogen and oxygen atoms in total. The molecule has 68 valence electrons. The molecule has 2 heteroatoms. The summed E-state index contributed by atoms with van der Waals surface area (Å²) in [6.07, 6.45) is 3.95. The molecule has 2 saturated carbocycles. The highest BCUT2D eigenvalue weighted by Crippen LogP contribution is 2.60. The van der Waals surface area contributed by atoms with Crippen molar-refractivity contribution in [2.24, 2.45) is 27.7 Å². The van der Waals surface area contributed by atoms with Crippen LogP contribution in [0.25, 0.3) is 0 Å². The van der Waals surface area contributed by atoms with Gasteiger partial charge in [-0.2, -0.15) is 5.10 Å². The molecule has 0 unspecified atom stereocenters. The molecule has 2 N–H and O–H groups in total. The number of rotatable bonds is 0. The number of hydrogen-bond donors (Lipinski definition) is 1. The zero-order valence-corrected chi connectivity index (χ0v) is 8.22. The van der Waals surface area contributed by atoms with Crippen molar-refractivity contribution in [1.82, 2.24) is 0 Å². The second kappa shape index (κ2) is 2.04. The Hall–Kier alpha value is -0.530. The number of hydrogen-bond acceptors (Lipinski definition) is 2. The van der Waals surface area contributed by atoms with Gasteiger partial charge in [0.2, 0.25) is 0 Å². The first-order valence-corrected chi connectivity index (χ1v) is 4.79. The molecule has 0 heterocycles. The van der Waals surface area contributed by atoms with Crippen molar-refractivity contribution in [3.8, 4) is 0 Å². The molecule has 0 aromatic carbocycles. The van der Waals surface area contributed by atoms with Gasteiger partial charge < -0.3 is 5.84 Å². The van der Waals surface area contributed by atoms with E-state index < -0.39 is 0 Å². The van der Waals surface area contributed by atoms with Gasteiger partial charge >= 0.3 is 0 Å². The van der Waals surface area contributed by atoms with Crippen molar-refractivity contribution in [3.05, 3.63) is 0 Å². The Balaban J connectivity index is 2.45. The predicted molar refractivity (Wildman–Crippen MR) is 50.9 cm³/mol. The highest BCUT2D eigenvalue weighted by molar-refractivity contribution is 5.97. The first-order valence-electron chi connectivity index (χ1n) is 4.79. The molecular formula is C10H18N2. The quantitative estimate of drug-likeness (QED) is 0.434. The Morgan fingerprint density at radius 1 is 1.42 bits per heavy atom. The van der Waals surface area contributed by atoms with E-state index in [4.69, 9.17) is 5.84 Å². The van der Waals surface area contributed by atoms with Crippen LogP contribution in [-0.4, -0.2) is 5.71 Å². The summed E-state index contributed by atoms with van der Waals surface area (Å²) in [4.78, 5) is 0.